The molecule has 1 aromatic heterocycles. The first-order valence-corrected chi connectivity index (χ1v) is 3.77. The van der Waals surface area contributed by atoms with Crippen LogP contribution in [0.15, 0.2) is 5.38 Å². The van der Waals surface area contributed by atoms with Gasteiger partial charge in [-0.2, -0.15) is 0 Å². The van der Waals surface area contributed by atoms with Gasteiger partial charge in [-0.05, 0) is 0 Å². The highest BCUT2D eigenvalue weighted by molar-refractivity contribution is 7.07. The zero-order chi connectivity index (χ0) is 7.19. The number of aromatic nitrogens is 1. The van der Waals surface area contributed by atoms with E-state index in [2.05, 4.69) is 10.5 Å². The van der Waals surface area contributed by atoms with E-state index in [1.807, 2.05) is 0 Å². The highest BCUT2D eigenvalue weighted by atomic mass is 32.1. The van der Waals surface area contributed by atoms with Crippen LogP contribution in [0, 0.1) is 5.51 Å². The maximum atomic E-state index is 12.3. The lowest BCUT2D eigenvalue weighted by atomic mass is 10.3. The summed E-state index contributed by atoms with van der Waals surface area (Å²) in [6.45, 7) is 0. The molecule has 0 amide bonds. The van der Waals surface area contributed by atoms with Crippen molar-refractivity contribution in [2.75, 3.05) is 0 Å². The number of alkyl halides is 2. The lowest BCUT2D eigenvalue weighted by Crippen LogP contribution is -1.92. The summed E-state index contributed by atoms with van der Waals surface area (Å²) in [4.78, 5) is 3.69. The summed E-state index contributed by atoms with van der Waals surface area (Å²) in [7, 11) is 0. The van der Waals surface area contributed by atoms with Gasteiger partial charge in [0.25, 0.3) is 5.92 Å². The Balaban J connectivity index is 2.19. The molecule has 4 heteroatoms. The van der Waals surface area contributed by atoms with E-state index in [4.69, 9.17) is 0 Å². The van der Waals surface area contributed by atoms with Crippen LogP contribution in [0.5, 0.6) is 0 Å². The molecule has 1 aliphatic rings. The first kappa shape index (κ1) is 6.22. The van der Waals surface area contributed by atoms with Gasteiger partial charge in [-0.25, -0.2) is 13.8 Å². The summed E-state index contributed by atoms with van der Waals surface area (Å²) < 4.78 is 24.6. The Morgan fingerprint density at radius 1 is 1.80 bits per heavy atom. The fourth-order valence-electron chi connectivity index (χ4n) is 0.886. The molecule has 1 radical (unpaired) electrons. The molecule has 0 bridgehead atoms. The number of hydrogen-bond acceptors (Lipinski definition) is 2. The summed E-state index contributed by atoms with van der Waals surface area (Å²) in [5.74, 6) is -3.10. The van der Waals surface area contributed by atoms with Gasteiger partial charge in [-0.1, -0.05) is 0 Å². The maximum absolute atomic E-state index is 12.3. The quantitative estimate of drug-likeness (QED) is 0.612. The average Bonchev–Trinajstić information content (AvgIpc) is 2.31. The van der Waals surface area contributed by atoms with E-state index in [0.717, 1.165) is 0 Å². The van der Waals surface area contributed by atoms with Gasteiger partial charge in [-0.3, -0.25) is 0 Å². The molecule has 1 aromatic rings. The minimum Gasteiger partial charge on any atom is -0.238 e. The third-order valence-corrected chi connectivity index (χ3v) is 2.15. The van der Waals surface area contributed by atoms with Crippen molar-refractivity contribution in [2.45, 2.75) is 18.3 Å². The fraction of sp³-hybridized carbons (Fsp3) is 0.500. The van der Waals surface area contributed by atoms with Gasteiger partial charge in [0.1, 0.15) is 0 Å². The molecular formula is C6H4F2NS. The van der Waals surface area contributed by atoms with Crippen LogP contribution < -0.4 is 0 Å². The zero-order valence-electron chi connectivity index (χ0n) is 4.97. The van der Waals surface area contributed by atoms with Crippen LogP contribution in [-0.4, -0.2) is 10.9 Å². The fourth-order valence-corrected chi connectivity index (χ4v) is 1.43. The van der Waals surface area contributed by atoms with E-state index in [1.54, 1.807) is 5.38 Å². The minimum absolute atomic E-state index is 0.0371. The Morgan fingerprint density at radius 3 is 2.90 bits per heavy atom. The number of rotatable bonds is 1. The lowest BCUT2D eigenvalue weighted by Gasteiger charge is -1.89. The molecule has 1 atom stereocenters. The summed E-state index contributed by atoms with van der Waals surface area (Å²) in [5.41, 5.74) is 3.04. The number of halogens is 2. The van der Waals surface area contributed by atoms with Crippen molar-refractivity contribution in [3.8, 4) is 0 Å². The summed E-state index contributed by atoms with van der Waals surface area (Å²) in [5, 5.41) is 1.63. The van der Waals surface area contributed by atoms with Gasteiger partial charge in [-0.15, -0.1) is 11.3 Å². The van der Waals surface area contributed by atoms with Crippen LogP contribution in [-0.2, 0) is 0 Å². The second-order valence-electron chi connectivity index (χ2n) is 2.38. The molecule has 1 unspecified atom stereocenters. The SMILES string of the molecule is FC1(F)CC1c1cs[c]n1. The van der Waals surface area contributed by atoms with E-state index >= 15 is 0 Å². The number of nitrogens with zero attached hydrogens (tertiary/aromatic N) is 1. The second kappa shape index (κ2) is 1.75. The Hall–Kier alpha value is -0.510. The molecule has 0 N–H and O–H groups in total. The normalized spacial score (nSPS) is 28.4. The molecule has 0 aliphatic heterocycles. The van der Waals surface area contributed by atoms with E-state index < -0.39 is 11.8 Å². The largest absolute Gasteiger partial charge is 0.257 e. The third-order valence-electron chi connectivity index (χ3n) is 1.59. The van der Waals surface area contributed by atoms with Gasteiger partial charge in [0.05, 0.1) is 11.6 Å². The topological polar surface area (TPSA) is 12.9 Å². The number of hydrogen-bond donors (Lipinski definition) is 0. The van der Waals surface area contributed by atoms with E-state index in [9.17, 15) is 8.78 Å². The molecule has 1 fully saturated rings. The van der Waals surface area contributed by atoms with Gasteiger partial charge in [0, 0.05) is 11.8 Å². The monoisotopic (exact) mass is 160 g/mol. The molecular weight excluding hydrogens is 156 g/mol. The Kier molecular flexibility index (Phi) is 1.09. The molecule has 1 heterocycles. The minimum atomic E-state index is -2.48. The Labute approximate surface area is 60.7 Å². The Morgan fingerprint density at radius 2 is 2.50 bits per heavy atom. The van der Waals surface area contributed by atoms with Crippen LogP contribution in [0.1, 0.15) is 18.0 Å². The van der Waals surface area contributed by atoms with Crippen molar-refractivity contribution >= 4 is 11.3 Å². The Bertz CT molecular complexity index is 232. The van der Waals surface area contributed by atoms with Crippen LogP contribution >= 0.6 is 11.3 Å². The predicted molar refractivity (Wildman–Crippen MR) is 33.3 cm³/mol. The summed E-state index contributed by atoms with van der Waals surface area (Å²) in [6, 6.07) is 0. The highest BCUT2D eigenvalue weighted by Crippen LogP contribution is 2.55. The van der Waals surface area contributed by atoms with Gasteiger partial charge < -0.3 is 0 Å². The van der Waals surface area contributed by atoms with Crippen molar-refractivity contribution < 1.29 is 8.78 Å². The van der Waals surface area contributed by atoms with Gasteiger partial charge in [0.15, 0.2) is 5.51 Å². The lowest BCUT2D eigenvalue weighted by molar-refractivity contribution is 0.111. The van der Waals surface area contributed by atoms with Crippen molar-refractivity contribution in [2.24, 2.45) is 0 Å². The van der Waals surface area contributed by atoms with Crippen molar-refractivity contribution in [1.82, 2.24) is 4.98 Å². The predicted octanol–water partition coefficient (Wildman–Crippen LogP) is 2.07. The molecule has 1 aliphatic carbocycles. The molecule has 53 valence electrons. The van der Waals surface area contributed by atoms with Gasteiger partial charge in [0.2, 0.25) is 0 Å². The molecule has 10 heavy (non-hydrogen) atoms. The molecule has 2 rings (SSSR count). The molecule has 0 aromatic carbocycles. The highest BCUT2D eigenvalue weighted by Gasteiger charge is 2.58. The first-order valence-electron chi connectivity index (χ1n) is 2.89. The van der Waals surface area contributed by atoms with Crippen LogP contribution in [0.25, 0.3) is 0 Å². The van der Waals surface area contributed by atoms with Crippen molar-refractivity contribution in [3.05, 3.63) is 16.6 Å². The van der Waals surface area contributed by atoms with Crippen LogP contribution in [0.2, 0.25) is 0 Å². The standard InChI is InChI=1S/C6H4F2NS/c7-6(8)1-4(6)5-2-10-3-9-5/h2,4H,1H2. The molecule has 0 spiro atoms. The van der Waals surface area contributed by atoms with E-state index in [1.165, 1.54) is 11.3 Å². The summed E-state index contributed by atoms with van der Waals surface area (Å²) in [6.07, 6.45) is -0.0371. The second-order valence-corrected chi connectivity index (χ2v) is 3.04. The van der Waals surface area contributed by atoms with Crippen LogP contribution in [0.4, 0.5) is 8.78 Å². The van der Waals surface area contributed by atoms with Crippen molar-refractivity contribution in [3.63, 3.8) is 0 Å². The molecule has 0 saturated heterocycles. The van der Waals surface area contributed by atoms with Crippen LogP contribution in [0.3, 0.4) is 0 Å². The van der Waals surface area contributed by atoms with Gasteiger partial charge >= 0.3 is 0 Å². The molecule has 1 nitrogen and oxygen atoms in total. The average molecular weight is 160 g/mol. The maximum Gasteiger partial charge on any atom is 0.257 e. The zero-order valence-corrected chi connectivity index (χ0v) is 5.79. The van der Waals surface area contributed by atoms with E-state index in [-0.39, 0.29) is 6.42 Å². The summed E-state index contributed by atoms with van der Waals surface area (Å²) >= 11 is 1.24. The number of thiazole rings is 1. The van der Waals surface area contributed by atoms with E-state index in [0.29, 0.717) is 5.69 Å². The first-order chi connectivity index (χ1) is 4.70. The van der Waals surface area contributed by atoms with Crippen molar-refractivity contribution in [1.29, 1.82) is 0 Å². The third kappa shape index (κ3) is 0.831. The smallest absolute Gasteiger partial charge is 0.238 e. The molecule has 1 saturated carbocycles.